The lowest BCUT2D eigenvalue weighted by Gasteiger charge is -2.25. The molecule has 7 rings (SSSR count). The Hall–Kier alpha value is -4.32. The van der Waals surface area contributed by atoms with Gasteiger partial charge in [-0.25, -0.2) is 0 Å². The van der Waals surface area contributed by atoms with Crippen molar-refractivity contribution in [3.05, 3.63) is 127 Å². The van der Waals surface area contributed by atoms with Crippen LogP contribution >= 0.6 is 23.1 Å². The SMILES string of the molecule is c1ccc(N(c2ccccc2)c2ccc(-c3c4ccccc4c(-c4cccs4)c4nsnc34)cc2)cc1. The number of fused-ring (bicyclic) bond motifs is 2. The average Bonchev–Trinajstić information content (AvgIpc) is 3.67. The Labute approximate surface area is 223 Å². The molecule has 0 aliphatic rings. The van der Waals surface area contributed by atoms with Gasteiger partial charge in [0.1, 0.15) is 11.0 Å². The predicted octanol–water partition coefficient (Wildman–Crippen LogP) is 9.71. The molecule has 0 saturated heterocycles. The van der Waals surface area contributed by atoms with Gasteiger partial charge in [0.25, 0.3) is 0 Å². The maximum Gasteiger partial charge on any atom is 0.114 e. The highest BCUT2D eigenvalue weighted by Gasteiger charge is 2.20. The van der Waals surface area contributed by atoms with Gasteiger partial charge in [-0.15, -0.1) is 11.3 Å². The molecular formula is C32H21N3S2. The van der Waals surface area contributed by atoms with Crippen molar-refractivity contribution in [3.63, 3.8) is 0 Å². The summed E-state index contributed by atoms with van der Waals surface area (Å²) in [5.41, 5.74) is 8.73. The number of benzene rings is 5. The maximum atomic E-state index is 4.79. The average molecular weight is 512 g/mol. The molecule has 3 nitrogen and oxygen atoms in total. The van der Waals surface area contributed by atoms with E-state index in [1.54, 1.807) is 11.3 Å². The third-order valence-electron chi connectivity index (χ3n) is 6.64. The summed E-state index contributed by atoms with van der Waals surface area (Å²) in [5.74, 6) is 0. The van der Waals surface area contributed by atoms with E-state index in [1.807, 2.05) is 12.1 Å². The van der Waals surface area contributed by atoms with Crippen molar-refractivity contribution in [1.29, 1.82) is 0 Å². The first kappa shape index (κ1) is 21.9. The van der Waals surface area contributed by atoms with Crippen molar-refractivity contribution in [2.24, 2.45) is 0 Å². The minimum absolute atomic E-state index is 0.961. The molecule has 0 aliphatic heterocycles. The largest absolute Gasteiger partial charge is 0.311 e. The van der Waals surface area contributed by atoms with Gasteiger partial charge in [-0.2, -0.15) is 8.75 Å². The van der Waals surface area contributed by atoms with Crippen LogP contribution in [0.3, 0.4) is 0 Å². The fourth-order valence-electron chi connectivity index (χ4n) is 5.03. The molecule has 0 amide bonds. The van der Waals surface area contributed by atoms with Crippen molar-refractivity contribution < 1.29 is 0 Å². The summed E-state index contributed by atoms with van der Waals surface area (Å²) >= 11 is 3.03. The van der Waals surface area contributed by atoms with Crippen molar-refractivity contribution in [1.82, 2.24) is 8.75 Å². The molecule has 2 heterocycles. The van der Waals surface area contributed by atoms with Crippen LogP contribution in [0.25, 0.3) is 43.4 Å². The summed E-state index contributed by atoms with van der Waals surface area (Å²) in [5, 5.41) is 4.52. The van der Waals surface area contributed by atoms with E-state index in [2.05, 4.69) is 119 Å². The van der Waals surface area contributed by atoms with Crippen molar-refractivity contribution in [3.8, 4) is 21.6 Å². The fourth-order valence-corrected chi connectivity index (χ4v) is 6.38. The third kappa shape index (κ3) is 3.80. The van der Waals surface area contributed by atoms with Crippen LogP contribution in [0.1, 0.15) is 0 Å². The predicted molar refractivity (Wildman–Crippen MR) is 158 cm³/mol. The second kappa shape index (κ2) is 9.28. The Bertz CT molecular complexity index is 1770. The molecule has 0 atom stereocenters. The molecule has 0 radical (unpaired) electrons. The molecule has 7 aromatic rings. The molecule has 2 aromatic heterocycles. The summed E-state index contributed by atoms with van der Waals surface area (Å²) in [6, 6.07) is 42.7. The van der Waals surface area contributed by atoms with Crippen LogP contribution in [0.5, 0.6) is 0 Å². The second-order valence-electron chi connectivity index (χ2n) is 8.79. The van der Waals surface area contributed by atoms with Crippen LogP contribution < -0.4 is 4.90 Å². The molecule has 5 aromatic carbocycles. The summed E-state index contributed by atoms with van der Waals surface area (Å²) in [6.07, 6.45) is 0. The van der Waals surface area contributed by atoms with Gasteiger partial charge >= 0.3 is 0 Å². The lowest BCUT2D eigenvalue weighted by molar-refractivity contribution is 1.28. The van der Waals surface area contributed by atoms with E-state index in [9.17, 15) is 0 Å². The Balaban J connectivity index is 1.41. The summed E-state index contributed by atoms with van der Waals surface area (Å²) in [7, 11) is 0. The fraction of sp³-hybridized carbons (Fsp3) is 0. The number of para-hydroxylation sites is 2. The lowest BCUT2D eigenvalue weighted by atomic mass is 9.92. The first-order chi connectivity index (χ1) is 18.4. The summed E-state index contributed by atoms with van der Waals surface area (Å²) in [4.78, 5) is 3.50. The molecule has 0 aliphatic carbocycles. The molecule has 5 heteroatoms. The first-order valence-electron chi connectivity index (χ1n) is 12.1. The number of thiophene rings is 1. The molecule has 0 N–H and O–H groups in total. The molecule has 0 fully saturated rings. The molecule has 0 spiro atoms. The number of rotatable bonds is 5. The zero-order chi connectivity index (χ0) is 24.6. The second-order valence-corrected chi connectivity index (χ2v) is 10.3. The highest BCUT2D eigenvalue weighted by Crippen LogP contribution is 2.44. The molecule has 0 unspecified atom stereocenters. The monoisotopic (exact) mass is 511 g/mol. The number of hydrogen-bond donors (Lipinski definition) is 0. The zero-order valence-corrected chi connectivity index (χ0v) is 21.4. The smallest absolute Gasteiger partial charge is 0.114 e. The van der Waals surface area contributed by atoms with Gasteiger partial charge in [-0.1, -0.05) is 78.9 Å². The third-order valence-corrected chi connectivity index (χ3v) is 8.05. The minimum Gasteiger partial charge on any atom is -0.311 e. The quantitative estimate of drug-likeness (QED) is 0.230. The minimum atomic E-state index is 0.961. The van der Waals surface area contributed by atoms with Crippen LogP contribution in [0.2, 0.25) is 0 Å². The van der Waals surface area contributed by atoms with Gasteiger partial charge in [0, 0.05) is 33.1 Å². The first-order valence-corrected chi connectivity index (χ1v) is 13.7. The number of anilines is 3. The standard InChI is InChI=1S/C32H21N3S2/c1-3-10-23(11-4-1)35(24-12-5-2-6-13-24)25-19-17-22(18-20-25)29-26-14-7-8-15-27(26)30(28-16-9-21-36-28)32-31(29)33-37-34-32/h1-21H. The van der Waals surface area contributed by atoms with E-state index in [0.29, 0.717) is 0 Å². The maximum absolute atomic E-state index is 4.79. The van der Waals surface area contributed by atoms with Crippen molar-refractivity contribution >= 4 is 61.9 Å². The van der Waals surface area contributed by atoms with Gasteiger partial charge < -0.3 is 4.90 Å². The van der Waals surface area contributed by atoms with E-state index in [1.165, 1.54) is 32.9 Å². The van der Waals surface area contributed by atoms with Crippen LogP contribution in [0, 0.1) is 0 Å². The summed E-state index contributed by atoms with van der Waals surface area (Å²) in [6.45, 7) is 0. The Kier molecular flexibility index (Phi) is 5.50. The van der Waals surface area contributed by atoms with E-state index in [0.717, 1.165) is 39.2 Å². The number of nitrogens with zero attached hydrogens (tertiary/aromatic N) is 3. The highest BCUT2D eigenvalue weighted by atomic mass is 32.1. The summed E-state index contributed by atoms with van der Waals surface area (Å²) < 4.78 is 9.56. The lowest BCUT2D eigenvalue weighted by Crippen LogP contribution is -2.09. The van der Waals surface area contributed by atoms with Gasteiger partial charge in [0.15, 0.2) is 0 Å². The van der Waals surface area contributed by atoms with Crippen LogP contribution in [0.15, 0.2) is 127 Å². The van der Waals surface area contributed by atoms with Crippen LogP contribution in [-0.4, -0.2) is 8.75 Å². The van der Waals surface area contributed by atoms with Crippen molar-refractivity contribution in [2.75, 3.05) is 4.90 Å². The van der Waals surface area contributed by atoms with Gasteiger partial charge in [0.2, 0.25) is 0 Å². The van der Waals surface area contributed by atoms with Gasteiger partial charge in [0.05, 0.1) is 11.7 Å². The molecule has 176 valence electrons. The topological polar surface area (TPSA) is 29.0 Å². The molecular weight excluding hydrogens is 491 g/mol. The van der Waals surface area contributed by atoms with Crippen LogP contribution in [-0.2, 0) is 0 Å². The van der Waals surface area contributed by atoms with E-state index >= 15 is 0 Å². The Morgan fingerprint density at radius 3 is 1.62 bits per heavy atom. The normalized spacial score (nSPS) is 11.2. The van der Waals surface area contributed by atoms with Crippen LogP contribution in [0.4, 0.5) is 17.1 Å². The Morgan fingerprint density at radius 2 is 1.03 bits per heavy atom. The van der Waals surface area contributed by atoms with Gasteiger partial charge in [-0.3, -0.25) is 0 Å². The van der Waals surface area contributed by atoms with E-state index in [-0.39, 0.29) is 0 Å². The van der Waals surface area contributed by atoms with E-state index < -0.39 is 0 Å². The highest BCUT2D eigenvalue weighted by molar-refractivity contribution is 7.13. The molecule has 37 heavy (non-hydrogen) atoms. The van der Waals surface area contributed by atoms with Gasteiger partial charge in [-0.05, 0) is 64.2 Å². The van der Waals surface area contributed by atoms with E-state index in [4.69, 9.17) is 8.75 Å². The van der Waals surface area contributed by atoms with Crippen molar-refractivity contribution in [2.45, 2.75) is 0 Å². The molecule has 0 bridgehead atoms. The molecule has 0 saturated carbocycles. The zero-order valence-electron chi connectivity index (χ0n) is 19.8. The number of aromatic nitrogens is 2. The Morgan fingerprint density at radius 1 is 0.486 bits per heavy atom. The number of hydrogen-bond acceptors (Lipinski definition) is 5.